The van der Waals surface area contributed by atoms with Crippen LogP contribution >= 0.6 is 11.3 Å². The first-order valence-electron chi connectivity index (χ1n) is 6.36. The van der Waals surface area contributed by atoms with E-state index in [1.54, 1.807) is 11.3 Å². The van der Waals surface area contributed by atoms with Crippen molar-refractivity contribution in [2.24, 2.45) is 11.8 Å². The van der Waals surface area contributed by atoms with Crippen LogP contribution in [0.5, 0.6) is 0 Å². The van der Waals surface area contributed by atoms with Crippen LogP contribution in [0.3, 0.4) is 0 Å². The number of thiophene rings is 1. The average molecular weight is 259 g/mol. The SMILES string of the molecule is CN1CC(C(=O)C2C=CC=C2)C(c2cccs2)C1. The number of likely N-dealkylation sites (N-methyl/N-ethyl adjacent to an activating group) is 1. The highest BCUT2D eigenvalue weighted by Gasteiger charge is 2.39. The first-order valence-corrected chi connectivity index (χ1v) is 7.24. The van der Waals surface area contributed by atoms with Crippen LogP contribution in [-0.4, -0.2) is 30.8 Å². The van der Waals surface area contributed by atoms with E-state index in [1.807, 2.05) is 24.3 Å². The quantitative estimate of drug-likeness (QED) is 0.832. The number of hydrogen-bond donors (Lipinski definition) is 0. The maximum absolute atomic E-state index is 12.6. The second-order valence-corrected chi connectivity index (χ2v) is 6.13. The lowest BCUT2D eigenvalue weighted by Gasteiger charge is -2.18. The minimum atomic E-state index is 0.00367. The molecule has 2 atom stereocenters. The van der Waals surface area contributed by atoms with Crippen LogP contribution in [0.25, 0.3) is 0 Å². The van der Waals surface area contributed by atoms with Crippen LogP contribution in [0.2, 0.25) is 0 Å². The minimum Gasteiger partial charge on any atom is -0.305 e. The molecule has 0 aromatic carbocycles. The molecule has 0 saturated carbocycles. The number of carbonyl (C=O) groups excluding carboxylic acids is 1. The molecule has 1 aliphatic heterocycles. The van der Waals surface area contributed by atoms with E-state index >= 15 is 0 Å². The Morgan fingerprint density at radius 1 is 1.33 bits per heavy atom. The van der Waals surface area contributed by atoms with Crippen LogP contribution in [-0.2, 0) is 4.79 Å². The Balaban J connectivity index is 1.83. The summed E-state index contributed by atoms with van der Waals surface area (Å²) in [5.41, 5.74) is 0. The van der Waals surface area contributed by atoms with E-state index in [9.17, 15) is 4.79 Å². The smallest absolute Gasteiger partial charge is 0.148 e. The molecule has 0 amide bonds. The summed E-state index contributed by atoms with van der Waals surface area (Å²) < 4.78 is 0. The monoisotopic (exact) mass is 259 g/mol. The van der Waals surface area contributed by atoms with E-state index in [4.69, 9.17) is 0 Å². The topological polar surface area (TPSA) is 20.3 Å². The largest absolute Gasteiger partial charge is 0.305 e. The molecule has 1 aromatic heterocycles. The predicted molar refractivity (Wildman–Crippen MR) is 74.8 cm³/mol. The number of Topliss-reactive ketones (excluding diaryl/α,β-unsaturated/α-hetero) is 1. The van der Waals surface area contributed by atoms with E-state index in [0.29, 0.717) is 11.7 Å². The molecule has 0 N–H and O–H groups in total. The first kappa shape index (κ1) is 11.9. The van der Waals surface area contributed by atoms with Crippen molar-refractivity contribution in [2.45, 2.75) is 5.92 Å². The van der Waals surface area contributed by atoms with Crippen molar-refractivity contribution in [1.82, 2.24) is 4.90 Å². The normalized spacial score (nSPS) is 28.3. The van der Waals surface area contributed by atoms with Crippen LogP contribution in [0.15, 0.2) is 41.8 Å². The summed E-state index contributed by atoms with van der Waals surface area (Å²) in [4.78, 5) is 16.2. The first-order chi connectivity index (χ1) is 8.75. The van der Waals surface area contributed by atoms with Gasteiger partial charge in [-0.1, -0.05) is 30.4 Å². The minimum absolute atomic E-state index is 0.00367. The molecule has 0 spiro atoms. The molecule has 0 radical (unpaired) electrons. The Bertz CT molecular complexity index is 477. The van der Waals surface area contributed by atoms with Gasteiger partial charge in [-0.2, -0.15) is 0 Å². The fourth-order valence-electron chi connectivity index (χ4n) is 2.95. The second kappa shape index (κ2) is 4.82. The molecule has 1 fully saturated rings. The molecule has 2 aliphatic rings. The zero-order valence-corrected chi connectivity index (χ0v) is 11.3. The number of ketones is 1. The molecule has 1 aliphatic carbocycles. The van der Waals surface area contributed by atoms with Crippen LogP contribution < -0.4 is 0 Å². The number of likely N-dealkylation sites (tertiary alicyclic amines) is 1. The van der Waals surface area contributed by atoms with Gasteiger partial charge in [0.15, 0.2) is 0 Å². The summed E-state index contributed by atoms with van der Waals surface area (Å²) in [7, 11) is 2.11. The van der Waals surface area contributed by atoms with E-state index < -0.39 is 0 Å². The van der Waals surface area contributed by atoms with Crippen molar-refractivity contribution in [3.05, 3.63) is 46.7 Å². The molecule has 1 saturated heterocycles. The van der Waals surface area contributed by atoms with Gasteiger partial charge < -0.3 is 4.90 Å². The standard InChI is InChI=1S/C15H17NOS/c1-16-9-12(14-7-4-8-18-14)13(10-16)15(17)11-5-2-3-6-11/h2-8,11-13H,9-10H2,1H3. The summed E-state index contributed by atoms with van der Waals surface area (Å²) in [6, 6.07) is 4.24. The third-order valence-electron chi connectivity index (χ3n) is 3.85. The van der Waals surface area contributed by atoms with Crippen molar-refractivity contribution >= 4 is 17.1 Å². The molecule has 94 valence electrons. The molecule has 1 aromatic rings. The van der Waals surface area contributed by atoms with E-state index in [2.05, 4.69) is 29.5 Å². The highest BCUT2D eigenvalue weighted by Crippen LogP contribution is 2.37. The Hall–Kier alpha value is -1.19. The number of allylic oxidation sites excluding steroid dienone is 4. The van der Waals surface area contributed by atoms with Crippen molar-refractivity contribution in [3.63, 3.8) is 0 Å². The van der Waals surface area contributed by atoms with Crippen LogP contribution in [0.1, 0.15) is 10.8 Å². The Morgan fingerprint density at radius 2 is 2.11 bits per heavy atom. The molecule has 2 heterocycles. The molecule has 3 heteroatoms. The van der Waals surface area contributed by atoms with Gasteiger partial charge in [-0.15, -0.1) is 11.3 Å². The van der Waals surface area contributed by atoms with Crippen molar-refractivity contribution in [2.75, 3.05) is 20.1 Å². The van der Waals surface area contributed by atoms with Gasteiger partial charge in [0.1, 0.15) is 5.78 Å². The fraction of sp³-hybridized carbons (Fsp3) is 0.400. The van der Waals surface area contributed by atoms with Gasteiger partial charge in [0.05, 0.1) is 5.92 Å². The molecule has 18 heavy (non-hydrogen) atoms. The van der Waals surface area contributed by atoms with Crippen molar-refractivity contribution in [1.29, 1.82) is 0 Å². The summed E-state index contributed by atoms with van der Waals surface area (Å²) in [6.07, 6.45) is 7.96. The fourth-order valence-corrected chi connectivity index (χ4v) is 3.83. The van der Waals surface area contributed by atoms with Gasteiger partial charge in [0, 0.05) is 29.8 Å². The Morgan fingerprint density at radius 3 is 2.78 bits per heavy atom. The van der Waals surface area contributed by atoms with E-state index in [1.165, 1.54) is 4.88 Å². The molecule has 3 rings (SSSR count). The number of nitrogens with zero attached hydrogens (tertiary/aromatic N) is 1. The summed E-state index contributed by atoms with van der Waals surface area (Å²) >= 11 is 1.77. The van der Waals surface area contributed by atoms with Gasteiger partial charge in [-0.3, -0.25) is 4.79 Å². The highest BCUT2D eigenvalue weighted by atomic mass is 32.1. The van der Waals surface area contributed by atoms with Gasteiger partial charge >= 0.3 is 0 Å². The van der Waals surface area contributed by atoms with Gasteiger partial charge in [-0.05, 0) is 18.5 Å². The second-order valence-electron chi connectivity index (χ2n) is 5.15. The molecular formula is C15H17NOS. The molecular weight excluding hydrogens is 242 g/mol. The van der Waals surface area contributed by atoms with Crippen LogP contribution in [0, 0.1) is 11.8 Å². The van der Waals surface area contributed by atoms with E-state index in [0.717, 1.165) is 13.1 Å². The van der Waals surface area contributed by atoms with Crippen molar-refractivity contribution < 1.29 is 4.79 Å². The molecule has 2 nitrogen and oxygen atoms in total. The van der Waals surface area contributed by atoms with Gasteiger partial charge in [-0.25, -0.2) is 0 Å². The lowest BCUT2D eigenvalue weighted by Crippen LogP contribution is -2.26. The molecule has 2 unspecified atom stereocenters. The van der Waals surface area contributed by atoms with Gasteiger partial charge in [0.2, 0.25) is 0 Å². The Kier molecular flexibility index (Phi) is 3.18. The maximum Gasteiger partial charge on any atom is 0.148 e. The average Bonchev–Trinajstić information content (AvgIpc) is 3.09. The van der Waals surface area contributed by atoms with Crippen LogP contribution in [0.4, 0.5) is 0 Å². The third-order valence-corrected chi connectivity index (χ3v) is 4.86. The molecule has 0 bridgehead atoms. The van der Waals surface area contributed by atoms with Gasteiger partial charge in [0.25, 0.3) is 0 Å². The van der Waals surface area contributed by atoms with Crippen molar-refractivity contribution in [3.8, 4) is 0 Å². The Labute approximate surface area is 112 Å². The lowest BCUT2D eigenvalue weighted by atomic mass is 9.85. The number of carbonyl (C=O) groups is 1. The highest BCUT2D eigenvalue weighted by molar-refractivity contribution is 7.10. The predicted octanol–water partition coefficient (Wildman–Crippen LogP) is 2.70. The number of rotatable bonds is 3. The zero-order valence-electron chi connectivity index (χ0n) is 10.5. The third kappa shape index (κ3) is 2.08. The van der Waals surface area contributed by atoms with E-state index in [-0.39, 0.29) is 11.8 Å². The zero-order chi connectivity index (χ0) is 12.5. The maximum atomic E-state index is 12.6. The number of hydrogen-bond acceptors (Lipinski definition) is 3. The summed E-state index contributed by atoms with van der Waals surface area (Å²) in [6.45, 7) is 1.89. The summed E-state index contributed by atoms with van der Waals surface area (Å²) in [5, 5.41) is 2.10. The lowest BCUT2D eigenvalue weighted by molar-refractivity contribution is -0.124. The summed E-state index contributed by atoms with van der Waals surface area (Å²) in [5.74, 6) is 0.905.